The van der Waals surface area contributed by atoms with Crippen LogP contribution in [0.1, 0.15) is 23.6 Å². The average Bonchev–Trinajstić information content (AvgIpc) is 3.25. The summed E-state index contributed by atoms with van der Waals surface area (Å²) in [6.45, 7) is 5.01. The number of fused-ring (bicyclic) bond motifs is 4. The number of amides is 1. The first-order chi connectivity index (χ1) is 18.4. The Balaban J connectivity index is 1.38. The third kappa shape index (κ3) is 4.08. The maximum absolute atomic E-state index is 13.8. The molecule has 0 saturated carbocycles. The number of anilines is 1. The van der Waals surface area contributed by atoms with Gasteiger partial charge in [-0.3, -0.25) is 4.79 Å². The van der Waals surface area contributed by atoms with Crippen molar-refractivity contribution in [2.24, 2.45) is 0 Å². The van der Waals surface area contributed by atoms with Crippen LogP contribution in [0, 0.1) is 6.92 Å². The molecule has 38 heavy (non-hydrogen) atoms. The fraction of sp³-hybridized carbons (Fsp3) is 0.194. The Morgan fingerprint density at radius 1 is 0.868 bits per heavy atom. The van der Waals surface area contributed by atoms with Crippen molar-refractivity contribution < 1.29 is 13.2 Å². The molecular weight excluding hydrogens is 494 g/mol. The summed E-state index contributed by atoms with van der Waals surface area (Å²) in [6, 6.07) is 27.8. The Kier molecular flexibility index (Phi) is 6.05. The average molecular weight is 524 g/mol. The normalized spacial score (nSPS) is 16.0. The van der Waals surface area contributed by atoms with Gasteiger partial charge in [0.1, 0.15) is 6.04 Å². The molecular formula is C31H29N3O3S. The summed E-state index contributed by atoms with van der Waals surface area (Å²) in [6.07, 6.45) is 0.310. The van der Waals surface area contributed by atoms with Crippen LogP contribution in [0.15, 0.2) is 95.9 Å². The van der Waals surface area contributed by atoms with Gasteiger partial charge < -0.3 is 9.88 Å². The highest BCUT2D eigenvalue weighted by Gasteiger charge is 2.39. The Morgan fingerprint density at radius 3 is 2.32 bits per heavy atom. The molecule has 5 aromatic rings. The van der Waals surface area contributed by atoms with E-state index in [1.54, 1.807) is 24.3 Å². The fourth-order valence-corrected chi connectivity index (χ4v) is 7.08. The highest BCUT2D eigenvalue weighted by molar-refractivity contribution is 7.89. The zero-order valence-electron chi connectivity index (χ0n) is 21.4. The number of hydrogen-bond acceptors (Lipinski definition) is 3. The molecule has 0 bridgehead atoms. The SMILES string of the molecule is CCn1c2ccccc2c2cc(NC(=O)[C@@H]3Cc4ccccc4CN3S(=O)(=O)c3ccc(C)cc3)ccc21. The molecule has 7 heteroatoms. The van der Waals surface area contributed by atoms with E-state index in [2.05, 4.69) is 28.9 Å². The van der Waals surface area contributed by atoms with E-state index in [-0.39, 0.29) is 17.3 Å². The summed E-state index contributed by atoms with van der Waals surface area (Å²) < 4.78 is 31.1. The second-order valence-corrected chi connectivity index (χ2v) is 11.7. The van der Waals surface area contributed by atoms with Crippen LogP contribution in [0.25, 0.3) is 21.8 Å². The first-order valence-electron chi connectivity index (χ1n) is 12.8. The third-order valence-electron chi connectivity index (χ3n) is 7.49. The summed E-state index contributed by atoms with van der Waals surface area (Å²) in [4.78, 5) is 13.9. The van der Waals surface area contributed by atoms with Crippen LogP contribution in [0.5, 0.6) is 0 Å². The zero-order chi connectivity index (χ0) is 26.4. The minimum atomic E-state index is -3.90. The fourth-order valence-electron chi connectivity index (χ4n) is 5.52. The maximum atomic E-state index is 13.8. The molecule has 2 heterocycles. The van der Waals surface area contributed by atoms with E-state index in [0.717, 1.165) is 45.0 Å². The molecule has 6 nitrogen and oxygen atoms in total. The minimum absolute atomic E-state index is 0.146. The number of carbonyl (C=O) groups excluding carboxylic acids is 1. The largest absolute Gasteiger partial charge is 0.341 e. The molecule has 0 spiro atoms. The van der Waals surface area contributed by atoms with Crippen LogP contribution < -0.4 is 5.32 Å². The van der Waals surface area contributed by atoms with Crippen molar-refractivity contribution in [2.45, 2.75) is 44.3 Å². The molecule has 0 saturated heterocycles. The maximum Gasteiger partial charge on any atom is 0.244 e. The first-order valence-corrected chi connectivity index (χ1v) is 14.3. The van der Waals surface area contributed by atoms with Crippen molar-refractivity contribution in [3.8, 4) is 0 Å². The van der Waals surface area contributed by atoms with Gasteiger partial charge in [-0.05, 0) is 67.8 Å². The molecule has 1 aromatic heterocycles. The van der Waals surface area contributed by atoms with E-state index < -0.39 is 16.1 Å². The van der Waals surface area contributed by atoms with Gasteiger partial charge >= 0.3 is 0 Å². The van der Waals surface area contributed by atoms with Crippen LogP contribution in [0.4, 0.5) is 5.69 Å². The van der Waals surface area contributed by atoms with Crippen molar-refractivity contribution in [1.82, 2.24) is 8.87 Å². The van der Waals surface area contributed by atoms with Crippen LogP contribution in [-0.4, -0.2) is 29.2 Å². The molecule has 1 aliphatic rings. The van der Waals surface area contributed by atoms with Crippen LogP contribution in [0.2, 0.25) is 0 Å². The van der Waals surface area contributed by atoms with E-state index in [4.69, 9.17) is 0 Å². The lowest BCUT2D eigenvalue weighted by Crippen LogP contribution is -2.50. The molecule has 0 fully saturated rings. The number of aryl methyl sites for hydroxylation is 2. The second kappa shape index (κ2) is 9.42. The van der Waals surface area contributed by atoms with E-state index in [0.29, 0.717) is 12.1 Å². The number of nitrogens with one attached hydrogen (secondary N) is 1. The number of rotatable bonds is 5. The molecule has 1 N–H and O–H groups in total. The van der Waals surface area contributed by atoms with Gasteiger partial charge in [0.25, 0.3) is 0 Å². The van der Waals surface area contributed by atoms with Gasteiger partial charge in [-0.2, -0.15) is 4.31 Å². The van der Waals surface area contributed by atoms with Crippen molar-refractivity contribution in [1.29, 1.82) is 0 Å². The molecule has 1 aliphatic heterocycles. The molecule has 1 amide bonds. The lowest BCUT2D eigenvalue weighted by Gasteiger charge is -2.35. The Morgan fingerprint density at radius 2 is 1.55 bits per heavy atom. The Bertz CT molecular complexity index is 1790. The van der Waals surface area contributed by atoms with E-state index in [9.17, 15) is 13.2 Å². The summed E-state index contributed by atoms with van der Waals surface area (Å²) in [5.41, 5.74) is 5.77. The molecule has 192 valence electrons. The zero-order valence-corrected chi connectivity index (χ0v) is 22.2. The molecule has 6 rings (SSSR count). The van der Waals surface area contributed by atoms with Gasteiger partial charge in [0.15, 0.2) is 0 Å². The topological polar surface area (TPSA) is 71.4 Å². The lowest BCUT2D eigenvalue weighted by molar-refractivity contribution is -0.120. The van der Waals surface area contributed by atoms with Gasteiger partial charge in [-0.15, -0.1) is 0 Å². The van der Waals surface area contributed by atoms with E-state index in [1.807, 2.05) is 61.5 Å². The monoisotopic (exact) mass is 523 g/mol. The number of nitrogens with zero attached hydrogens (tertiary/aromatic N) is 2. The summed E-state index contributed by atoms with van der Waals surface area (Å²) in [5, 5.41) is 5.21. The van der Waals surface area contributed by atoms with Crippen LogP contribution >= 0.6 is 0 Å². The third-order valence-corrected chi connectivity index (χ3v) is 9.36. The van der Waals surface area contributed by atoms with Crippen molar-refractivity contribution in [3.63, 3.8) is 0 Å². The molecule has 1 atom stereocenters. The number of aromatic nitrogens is 1. The Labute approximate surface area is 222 Å². The molecule has 4 aromatic carbocycles. The number of sulfonamides is 1. The molecule has 0 radical (unpaired) electrons. The van der Waals surface area contributed by atoms with Crippen LogP contribution in [0.3, 0.4) is 0 Å². The number of hydrogen-bond donors (Lipinski definition) is 1. The van der Waals surface area contributed by atoms with Gasteiger partial charge in [0, 0.05) is 40.6 Å². The van der Waals surface area contributed by atoms with Gasteiger partial charge in [-0.1, -0.05) is 60.2 Å². The molecule has 0 aliphatic carbocycles. The standard InChI is InChI=1S/C31H29N3O3S/c1-3-33-28-11-7-6-10-26(28)27-19-24(14-17-29(27)33)32-31(35)30-18-22-8-4-5-9-23(22)20-34(30)38(36,37)25-15-12-21(2)13-16-25/h4-17,19,30H,3,18,20H2,1-2H3,(H,32,35)/t30-/m0/s1. The number of benzene rings is 4. The van der Waals surface area contributed by atoms with Gasteiger partial charge in [0.2, 0.25) is 15.9 Å². The van der Waals surface area contributed by atoms with Crippen LogP contribution in [-0.2, 0) is 34.3 Å². The quantitative estimate of drug-likeness (QED) is 0.313. The summed E-state index contributed by atoms with van der Waals surface area (Å²) in [5.74, 6) is -0.339. The lowest BCUT2D eigenvalue weighted by atomic mass is 9.95. The van der Waals surface area contributed by atoms with Crippen molar-refractivity contribution in [2.75, 3.05) is 5.32 Å². The predicted octanol–water partition coefficient (Wildman–Crippen LogP) is 5.88. The summed E-state index contributed by atoms with van der Waals surface area (Å²) >= 11 is 0. The predicted molar refractivity (Wildman–Crippen MR) is 152 cm³/mol. The van der Waals surface area contributed by atoms with E-state index in [1.165, 1.54) is 4.31 Å². The van der Waals surface area contributed by atoms with Crippen molar-refractivity contribution in [3.05, 3.63) is 108 Å². The summed E-state index contributed by atoms with van der Waals surface area (Å²) in [7, 11) is -3.90. The second-order valence-electron chi connectivity index (χ2n) is 9.83. The van der Waals surface area contributed by atoms with E-state index >= 15 is 0 Å². The highest BCUT2D eigenvalue weighted by atomic mass is 32.2. The van der Waals surface area contributed by atoms with Crippen molar-refractivity contribution >= 4 is 43.4 Å². The van der Waals surface area contributed by atoms with Gasteiger partial charge in [0.05, 0.1) is 4.90 Å². The van der Waals surface area contributed by atoms with Gasteiger partial charge in [-0.25, -0.2) is 8.42 Å². The number of para-hydroxylation sites is 1. The molecule has 0 unspecified atom stereocenters. The first kappa shape index (κ1) is 24.4. The minimum Gasteiger partial charge on any atom is -0.341 e. The Hall–Kier alpha value is -3.94. The highest BCUT2D eigenvalue weighted by Crippen LogP contribution is 2.33. The number of carbonyl (C=O) groups is 1. The smallest absolute Gasteiger partial charge is 0.244 e.